The molecule has 0 saturated carbocycles. The molecular formula is C10H14N2O. The van der Waals surface area contributed by atoms with Crippen molar-refractivity contribution in [3.8, 4) is 0 Å². The van der Waals surface area contributed by atoms with Gasteiger partial charge in [-0.3, -0.25) is 4.79 Å². The van der Waals surface area contributed by atoms with Crippen LogP contribution in [0.2, 0.25) is 0 Å². The lowest BCUT2D eigenvalue weighted by atomic mass is 10.0. The second-order valence-electron chi connectivity index (χ2n) is 3.53. The maximum Gasteiger partial charge on any atom is 0.153 e. The molecule has 1 aromatic rings. The summed E-state index contributed by atoms with van der Waals surface area (Å²) in [5, 5.41) is 0. The predicted octanol–water partition coefficient (Wildman–Crippen LogP) is 1.67. The van der Waals surface area contributed by atoms with Gasteiger partial charge in [-0.05, 0) is 24.0 Å². The van der Waals surface area contributed by atoms with Crippen molar-refractivity contribution < 1.29 is 4.79 Å². The minimum Gasteiger partial charge on any atom is -0.383 e. The lowest BCUT2D eigenvalue weighted by Gasteiger charge is -2.05. The van der Waals surface area contributed by atoms with Crippen LogP contribution in [-0.4, -0.2) is 11.3 Å². The number of rotatable bonds is 3. The smallest absolute Gasteiger partial charge is 0.153 e. The highest BCUT2D eigenvalue weighted by atomic mass is 16.1. The predicted molar refractivity (Wildman–Crippen MR) is 52.6 cm³/mol. The molecule has 0 spiro atoms. The van der Waals surface area contributed by atoms with Crippen LogP contribution < -0.4 is 5.73 Å². The number of carbonyl (C=O) groups excluding carboxylic acids is 1. The van der Waals surface area contributed by atoms with Crippen LogP contribution >= 0.6 is 0 Å². The van der Waals surface area contributed by atoms with Crippen LogP contribution in [0.3, 0.4) is 0 Å². The Balaban J connectivity index is 2.92. The van der Waals surface area contributed by atoms with E-state index in [2.05, 4.69) is 18.8 Å². The summed E-state index contributed by atoms with van der Waals surface area (Å²) in [4.78, 5) is 14.5. The Bertz CT molecular complexity index is 308. The van der Waals surface area contributed by atoms with Crippen molar-refractivity contribution in [1.29, 1.82) is 0 Å². The number of nitrogen functional groups attached to an aromatic ring is 1. The number of nitrogens with zero attached hydrogens (tertiary/aromatic N) is 1. The number of pyridine rings is 1. The van der Waals surface area contributed by atoms with Crippen molar-refractivity contribution in [1.82, 2.24) is 4.98 Å². The number of hydrogen-bond donors (Lipinski definition) is 1. The average Bonchev–Trinajstić information content (AvgIpc) is 2.07. The molecule has 0 saturated heterocycles. The Kier molecular flexibility index (Phi) is 3.01. The summed E-state index contributed by atoms with van der Waals surface area (Å²) in [5.41, 5.74) is 7.03. The second-order valence-corrected chi connectivity index (χ2v) is 3.53. The van der Waals surface area contributed by atoms with E-state index in [1.54, 1.807) is 12.3 Å². The molecule has 0 aliphatic carbocycles. The van der Waals surface area contributed by atoms with Crippen molar-refractivity contribution in [2.45, 2.75) is 20.3 Å². The van der Waals surface area contributed by atoms with E-state index < -0.39 is 0 Å². The van der Waals surface area contributed by atoms with E-state index in [1.165, 1.54) is 0 Å². The summed E-state index contributed by atoms with van der Waals surface area (Å²) in [5.74, 6) is 0.868. The highest BCUT2D eigenvalue weighted by Gasteiger charge is 2.02. The van der Waals surface area contributed by atoms with E-state index in [-0.39, 0.29) is 0 Å². The molecule has 0 unspecified atom stereocenters. The summed E-state index contributed by atoms with van der Waals surface area (Å²) in [6.07, 6.45) is 3.39. The first-order valence-corrected chi connectivity index (χ1v) is 4.33. The highest BCUT2D eigenvalue weighted by molar-refractivity contribution is 5.81. The summed E-state index contributed by atoms with van der Waals surface area (Å²) in [7, 11) is 0. The molecule has 1 rings (SSSR count). The molecular weight excluding hydrogens is 164 g/mol. The van der Waals surface area contributed by atoms with Crippen LogP contribution in [0, 0.1) is 5.92 Å². The van der Waals surface area contributed by atoms with Gasteiger partial charge in [0.2, 0.25) is 0 Å². The third kappa shape index (κ3) is 2.54. The van der Waals surface area contributed by atoms with E-state index in [1.807, 2.05) is 0 Å². The molecule has 0 amide bonds. The number of nitrogens with two attached hydrogens (primary N) is 1. The van der Waals surface area contributed by atoms with Gasteiger partial charge >= 0.3 is 0 Å². The Morgan fingerprint density at radius 1 is 1.62 bits per heavy atom. The van der Waals surface area contributed by atoms with Crippen molar-refractivity contribution in [2.24, 2.45) is 5.92 Å². The quantitative estimate of drug-likeness (QED) is 0.716. The van der Waals surface area contributed by atoms with E-state index in [4.69, 9.17) is 5.73 Å². The van der Waals surface area contributed by atoms with E-state index in [0.717, 1.165) is 18.3 Å². The summed E-state index contributed by atoms with van der Waals surface area (Å²) >= 11 is 0. The fraction of sp³-hybridized carbons (Fsp3) is 0.400. The molecule has 0 bridgehead atoms. The molecule has 70 valence electrons. The molecule has 2 N–H and O–H groups in total. The van der Waals surface area contributed by atoms with Crippen molar-refractivity contribution in [2.75, 3.05) is 5.73 Å². The number of carbonyl (C=O) groups is 1. The number of hydrogen-bond acceptors (Lipinski definition) is 3. The Morgan fingerprint density at radius 2 is 2.31 bits per heavy atom. The van der Waals surface area contributed by atoms with E-state index in [9.17, 15) is 4.79 Å². The SMILES string of the molecule is CC(C)Cc1cnc(N)c(C=O)c1. The lowest BCUT2D eigenvalue weighted by Crippen LogP contribution is -2.01. The van der Waals surface area contributed by atoms with Gasteiger partial charge in [-0.1, -0.05) is 13.8 Å². The van der Waals surface area contributed by atoms with Gasteiger partial charge in [-0.15, -0.1) is 0 Å². The Labute approximate surface area is 78.0 Å². The first kappa shape index (κ1) is 9.71. The molecule has 0 aliphatic rings. The first-order valence-electron chi connectivity index (χ1n) is 4.33. The summed E-state index contributed by atoms with van der Waals surface area (Å²) < 4.78 is 0. The molecule has 0 radical (unpaired) electrons. The first-order chi connectivity index (χ1) is 6.13. The number of aldehydes is 1. The Morgan fingerprint density at radius 3 is 2.85 bits per heavy atom. The molecule has 13 heavy (non-hydrogen) atoms. The average molecular weight is 178 g/mol. The fourth-order valence-corrected chi connectivity index (χ4v) is 1.22. The minimum atomic E-state index is 0.308. The summed E-state index contributed by atoms with van der Waals surface area (Å²) in [6, 6.07) is 1.80. The zero-order valence-electron chi connectivity index (χ0n) is 7.95. The molecule has 0 aromatic carbocycles. The van der Waals surface area contributed by atoms with Crippen LogP contribution in [0.5, 0.6) is 0 Å². The Hall–Kier alpha value is -1.38. The maximum absolute atomic E-state index is 10.5. The maximum atomic E-state index is 10.5. The minimum absolute atomic E-state index is 0.308. The van der Waals surface area contributed by atoms with Gasteiger partial charge in [-0.25, -0.2) is 4.98 Å². The normalized spacial score (nSPS) is 10.4. The molecule has 3 heteroatoms. The van der Waals surface area contributed by atoms with Gasteiger partial charge in [0, 0.05) is 6.20 Å². The topological polar surface area (TPSA) is 56.0 Å². The van der Waals surface area contributed by atoms with Crippen LogP contribution in [0.4, 0.5) is 5.82 Å². The third-order valence-electron chi connectivity index (χ3n) is 1.78. The third-order valence-corrected chi connectivity index (χ3v) is 1.78. The van der Waals surface area contributed by atoms with Gasteiger partial charge in [0.05, 0.1) is 5.56 Å². The zero-order chi connectivity index (χ0) is 9.84. The van der Waals surface area contributed by atoms with Gasteiger partial charge in [0.25, 0.3) is 0 Å². The van der Waals surface area contributed by atoms with Crippen molar-refractivity contribution in [3.05, 3.63) is 23.4 Å². The lowest BCUT2D eigenvalue weighted by molar-refractivity contribution is 0.112. The van der Waals surface area contributed by atoms with Crippen LogP contribution in [-0.2, 0) is 6.42 Å². The largest absolute Gasteiger partial charge is 0.383 e. The number of aromatic nitrogens is 1. The molecule has 3 nitrogen and oxygen atoms in total. The second kappa shape index (κ2) is 4.03. The monoisotopic (exact) mass is 178 g/mol. The molecule has 0 fully saturated rings. The number of anilines is 1. The summed E-state index contributed by atoms with van der Waals surface area (Å²) in [6.45, 7) is 4.24. The fourth-order valence-electron chi connectivity index (χ4n) is 1.22. The van der Waals surface area contributed by atoms with Crippen LogP contribution in [0.15, 0.2) is 12.3 Å². The van der Waals surface area contributed by atoms with Gasteiger partial charge < -0.3 is 5.73 Å². The van der Waals surface area contributed by atoms with E-state index >= 15 is 0 Å². The van der Waals surface area contributed by atoms with Crippen LogP contribution in [0.1, 0.15) is 29.8 Å². The highest BCUT2D eigenvalue weighted by Crippen LogP contribution is 2.11. The molecule has 1 aromatic heterocycles. The van der Waals surface area contributed by atoms with Gasteiger partial charge in [-0.2, -0.15) is 0 Å². The molecule has 1 heterocycles. The van der Waals surface area contributed by atoms with Gasteiger partial charge in [0.15, 0.2) is 6.29 Å². The molecule has 0 aliphatic heterocycles. The zero-order valence-corrected chi connectivity index (χ0v) is 7.95. The van der Waals surface area contributed by atoms with Crippen molar-refractivity contribution >= 4 is 12.1 Å². The molecule has 0 atom stereocenters. The van der Waals surface area contributed by atoms with Crippen molar-refractivity contribution in [3.63, 3.8) is 0 Å². The standard InChI is InChI=1S/C10H14N2O/c1-7(2)3-8-4-9(6-13)10(11)12-5-8/h4-7H,3H2,1-2H3,(H2,11,12). The van der Waals surface area contributed by atoms with Gasteiger partial charge in [0.1, 0.15) is 5.82 Å². The van der Waals surface area contributed by atoms with Crippen LogP contribution in [0.25, 0.3) is 0 Å². The van der Waals surface area contributed by atoms with E-state index in [0.29, 0.717) is 17.3 Å².